The molecule has 1 aromatic carbocycles. The fourth-order valence-corrected chi connectivity index (χ4v) is 1.94. The van der Waals surface area contributed by atoms with Gasteiger partial charge in [-0.3, -0.25) is 0 Å². The summed E-state index contributed by atoms with van der Waals surface area (Å²) in [6, 6.07) is 5.66. The van der Waals surface area contributed by atoms with Crippen LogP contribution >= 0.6 is 34.8 Å². The van der Waals surface area contributed by atoms with E-state index in [2.05, 4.69) is 4.74 Å². The van der Waals surface area contributed by atoms with Crippen molar-refractivity contribution >= 4 is 52.7 Å². The first kappa shape index (κ1) is 19.5. The van der Waals surface area contributed by atoms with Crippen LogP contribution in [-0.4, -0.2) is 33.4 Å². The molecular weight excluding hydrogens is 371 g/mol. The van der Waals surface area contributed by atoms with Gasteiger partial charge in [0, 0.05) is 0 Å². The predicted octanol–water partition coefficient (Wildman–Crippen LogP) is 3.37. The number of rotatable bonds is 6. The highest BCUT2D eigenvalue weighted by Gasteiger charge is 2.21. The van der Waals surface area contributed by atoms with Crippen LogP contribution in [0.3, 0.4) is 0 Å². The summed E-state index contributed by atoms with van der Waals surface area (Å²) in [4.78, 5) is 33.5. The molecule has 0 bridgehead atoms. The number of aliphatic carboxylic acids is 1. The Labute approximate surface area is 147 Å². The van der Waals surface area contributed by atoms with Crippen molar-refractivity contribution in [2.45, 2.75) is 23.1 Å². The molecule has 0 atom stereocenters. The number of benzene rings is 1. The zero-order valence-electron chi connectivity index (χ0n) is 11.8. The van der Waals surface area contributed by atoms with Crippen LogP contribution in [0.2, 0.25) is 0 Å². The van der Waals surface area contributed by atoms with Gasteiger partial charge in [-0.05, 0) is 31.4 Å². The molecule has 0 saturated carbocycles. The monoisotopic (exact) mass is 382 g/mol. The molecule has 0 aliphatic carbocycles. The lowest BCUT2D eigenvalue weighted by Crippen LogP contribution is -2.20. The zero-order valence-corrected chi connectivity index (χ0v) is 14.0. The Hall–Kier alpha value is -1.50. The van der Waals surface area contributed by atoms with Crippen molar-refractivity contribution in [2.24, 2.45) is 0 Å². The summed E-state index contributed by atoms with van der Waals surface area (Å²) >= 11 is 16.8. The quantitative estimate of drug-likeness (QED) is 0.266. The number of unbranched alkanes of at least 4 members (excludes halogenated alkanes) is 1. The molecule has 1 aromatic rings. The van der Waals surface area contributed by atoms with Crippen molar-refractivity contribution in [1.82, 2.24) is 0 Å². The van der Waals surface area contributed by atoms with E-state index >= 15 is 0 Å². The molecule has 23 heavy (non-hydrogen) atoms. The van der Waals surface area contributed by atoms with Crippen molar-refractivity contribution in [3.63, 3.8) is 0 Å². The minimum atomic E-state index is -1.76. The van der Waals surface area contributed by atoms with Crippen molar-refractivity contribution in [3.05, 3.63) is 29.8 Å². The van der Waals surface area contributed by atoms with Gasteiger partial charge in [-0.2, -0.15) is 0 Å². The summed E-state index contributed by atoms with van der Waals surface area (Å²) in [5.41, 5.74) is -0.0523. The molecule has 0 fully saturated rings. The van der Waals surface area contributed by atoms with Crippen molar-refractivity contribution in [2.75, 3.05) is 6.61 Å². The third-order valence-electron chi connectivity index (χ3n) is 2.57. The Morgan fingerprint density at radius 2 is 1.74 bits per heavy atom. The standard InChI is InChI=1S/C14H13Cl3O6/c15-14(16,17)7-3-4-8-22-12(20)9-5-1-2-6-10(9)23-13(21)11(18)19/h1-2,5-6H,3-4,7-8H2,(H,18,19). The molecule has 1 rings (SSSR count). The maximum Gasteiger partial charge on any atom is 0.422 e. The van der Waals surface area contributed by atoms with Gasteiger partial charge in [0.2, 0.25) is 0 Å². The van der Waals surface area contributed by atoms with E-state index in [0.29, 0.717) is 19.3 Å². The third-order valence-corrected chi connectivity index (χ3v) is 3.14. The molecule has 0 spiro atoms. The minimum Gasteiger partial charge on any atom is -0.473 e. The van der Waals surface area contributed by atoms with Gasteiger partial charge in [-0.1, -0.05) is 46.9 Å². The highest BCUT2D eigenvalue weighted by atomic mass is 35.6. The number of alkyl halides is 3. The largest absolute Gasteiger partial charge is 0.473 e. The van der Waals surface area contributed by atoms with Gasteiger partial charge in [0.15, 0.2) is 3.79 Å². The Bertz CT molecular complexity index is 582. The fraction of sp³-hybridized carbons (Fsp3) is 0.357. The molecule has 0 aromatic heterocycles. The summed E-state index contributed by atoms with van der Waals surface area (Å²) in [7, 11) is 0. The lowest BCUT2D eigenvalue weighted by Gasteiger charge is -2.11. The summed E-state index contributed by atoms with van der Waals surface area (Å²) in [5.74, 6) is -4.19. The lowest BCUT2D eigenvalue weighted by atomic mass is 10.2. The van der Waals surface area contributed by atoms with Crippen LogP contribution in [0.4, 0.5) is 0 Å². The van der Waals surface area contributed by atoms with E-state index in [1.807, 2.05) is 0 Å². The van der Waals surface area contributed by atoms with Gasteiger partial charge >= 0.3 is 17.9 Å². The number of carbonyl (C=O) groups excluding carboxylic acids is 2. The number of carboxylic acids is 1. The Morgan fingerprint density at radius 1 is 1.09 bits per heavy atom. The van der Waals surface area contributed by atoms with Gasteiger partial charge in [0.05, 0.1) is 6.61 Å². The van der Waals surface area contributed by atoms with E-state index in [1.54, 1.807) is 0 Å². The number of para-hydroxylation sites is 1. The second-order valence-corrected chi connectivity index (χ2v) is 6.92. The first-order valence-corrected chi connectivity index (χ1v) is 7.62. The first-order chi connectivity index (χ1) is 10.7. The van der Waals surface area contributed by atoms with Crippen LogP contribution in [-0.2, 0) is 14.3 Å². The highest BCUT2D eigenvalue weighted by Crippen LogP contribution is 2.31. The molecule has 0 heterocycles. The van der Waals surface area contributed by atoms with E-state index in [0.717, 1.165) is 0 Å². The van der Waals surface area contributed by atoms with Crippen molar-refractivity contribution in [3.8, 4) is 5.75 Å². The summed E-state index contributed by atoms with van der Waals surface area (Å²) in [5, 5.41) is 8.52. The number of ether oxygens (including phenoxy) is 2. The molecule has 9 heteroatoms. The van der Waals surface area contributed by atoms with Crippen LogP contribution in [0.1, 0.15) is 29.6 Å². The van der Waals surface area contributed by atoms with E-state index in [1.165, 1.54) is 24.3 Å². The van der Waals surface area contributed by atoms with E-state index in [9.17, 15) is 14.4 Å². The van der Waals surface area contributed by atoms with Crippen molar-refractivity contribution < 1.29 is 29.0 Å². The predicted molar refractivity (Wildman–Crippen MR) is 84.1 cm³/mol. The minimum absolute atomic E-state index is 0.0523. The van der Waals surface area contributed by atoms with Gasteiger partial charge in [-0.25, -0.2) is 14.4 Å². The van der Waals surface area contributed by atoms with Crippen molar-refractivity contribution in [1.29, 1.82) is 0 Å². The third kappa shape index (κ3) is 7.54. The number of esters is 2. The number of hydrogen-bond acceptors (Lipinski definition) is 5. The number of carbonyl (C=O) groups is 3. The fourth-order valence-electron chi connectivity index (χ4n) is 1.54. The van der Waals surface area contributed by atoms with Crippen LogP contribution < -0.4 is 4.74 Å². The molecule has 126 valence electrons. The number of halogens is 3. The molecule has 0 aliphatic rings. The molecule has 0 unspecified atom stereocenters. The summed E-state index contributed by atoms with van der Waals surface area (Å²) in [6.07, 6.45) is 1.35. The summed E-state index contributed by atoms with van der Waals surface area (Å²) < 4.78 is 8.28. The number of carboxylic acid groups (broad SMARTS) is 1. The molecular formula is C14H13Cl3O6. The summed E-state index contributed by atoms with van der Waals surface area (Å²) in [6.45, 7) is 0.0841. The van der Waals surface area contributed by atoms with Gasteiger partial charge in [0.25, 0.3) is 0 Å². The van der Waals surface area contributed by atoms with Crippen LogP contribution in [0.15, 0.2) is 24.3 Å². The molecule has 0 amide bonds. The zero-order chi connectivity index (χ0) is 17.5. The van der Waals surface area contributed by atoms with E-state index < -0.39 is 21.7 Å². The highest BCUT2D eigenvalue weighted by molar-refractivity contribution is 6.67. The normalized spacial score (nSPS) is 10.9. The Morgan fingerprint density at radius 3 is 2.35 bits per heavy atom. The second-order valence-electron chi connectivity index (χ2n) is 4.40. The van der Waals surface area contributed by atoms with E-state index in [4.69, 9.17) is 44.6 Å². The number of hydrogen-bond donors (Lipinski definition) is 1. The topological polar surface area (TPSA) is 89.9 Å². The molecule has 0 radical (unpaired) electrons. The SMILES string of the molecule is O=C(O)C(=O)Oc1ccccc1C(=O)OCCCCC(Cl)(Cl)Cl. The average Bonchev–Trinajstić information content (AvgIpc) is 2.45. The van der Waals surface area contributed by atoms with Crippen LogP contribution in [0.5, 0.6) is 5.75 Å². The van der Waals surface area contributed by atoms with Gasteiger partial charge in [0.1, 0.15) is 11.3 Å². The molecule has 0 aliphatic heterocycles. The second kappa shape index (κ2) is 8.96. The van der Waals surface area contributed by atoms with E-state index in [-0.39, 0.29) is 17.9 Å². The van der Waals surface area contributed by atoms with Gasteiger partial charge in [-0.15, -0.1) is 0 Å². The Kier molecular flexibility index (Phi) is 7.61. The Balaban J connectivity index is 2.56. The smallest absolute Gasteiger partial charge is 0.422 e. The molecule has 6 nitrogen and oxygen atoms in total. The maximum absolute atomic E-state index is 11.9. The van der Waals surface area contributed by atoms with Gasteiger partial charge < -0.3 is 14.6 Å². The average molecular weight is 384 g/mol. The lowest BCUT2D eigenvalue weighted by molar-refractivity contribution is -0.158. The molecule has 1 N–H and O–H groups in total. The maximum atomic E-state index is 11.9. The van der Waals surface area contributed by atoms with Crippen LogP contribution in [0, 0.1) is 0 Å². The first-order valence-electron chi connectivity index (χ1n) is 6.48. The molecule has 0 saturated heterocycles. The van der Waals surface area contributed by atoms with Crippen LogP contribution in [0.25, 0.3) is 0 Å².